The number of aliphatic carboxylic acids is 2. The molecule has 2 aliphatic rings. The Bertz CT molecular complexity index is 629. The van der Waals surface area contributed by atoms with Crippen LogP contribution in [0.1, 0.15) is 23.4 Å². The van der Waals surface area contributed by atoms with Crippen LogP contribution < -0.4 is 5.32 Å². The van der Waals surface area contributed by atoms with Crippen molar-refractivity contribution in [1.82, 2.24) is 10.2 Å². The van der Waals surface area contributed by atoms with Crippen molar-refractivity contribution in [2.45, 2.75) is 37.1 Å². The van der Waals surface area contributed by atoms with Crippen molar-refractivity contribution in [3.8, 4) is 0 Å². The number of rotatable bonds is 6. The zero-order chi connectivity index (χ0) is 19.4. The fourth-order valence-electron chi connectivity index (χ4n) is 3.09. The molecule has 2 heterocycles. The summed E-state index contributed by atoms with van der Waals surface area (Å²) < 4.78 is 5.19. The van der Waals surface area contributed by atoms with Gasteiger partial charge in [-0.05, 0) is 37.9 Å². The van der Waals surface area contributed by atoms with E-state index in [-0.39, 0.29) is 5.91 Å². The third kappa shape index (κ3) is 4.40. The smallest absolute Gasteiger partial charge is 0.335 e. The Morgan fingerprint density at radius 2 is 1.85 bits per heavy atom. The zero-order valence-electron chi connectivity index (χ0n) is 14.1. The average molecular weight is 370 g/mol. The molecule has 5 unspecified atom stereocenters. The van der Waals surface area contributed by atoms with Crippen LogP contribution >= 0.6 is 0 Å². The van der Waals surface area contributed by atoms with Crippen LogP contribution in [0.2, 0.25) is 0 Å². The Morgan fingerprint density at radius 3 is 2.31 bits per heavy atom. The summed E-state index contributed by atoms with van der Waals surface area (Å²) in [6.45, 7) is 0.874. The van der Waals surface area contributed by atoms with Crippen molar-refractivity contribution in [2.24, 2.45) is 5.92 Å². The third-order valence-corrected chi connectivity index (χ3v) is 4.42. The normalized spacial score (nSPS) is 25.5. The van der Waals surface area contributed by atoms with E-state index in [4.69, 9.17) is 24.8 Å². The van der Waals surface area contributed by atoms with E-state index in [1.165, 1.54) is 6.42 Å². The molecule has 1 aliphatic heterocycles. The van der Waals surface area contributed by atoms with Crippen LogP contribution in [0.4, 0.5) is 0 Å². The van der Waals surface area contributed by atoms with Gasteiger partial charge in [0.25, 0.3) is 5.91 Å². The van der Waals surface area contributed by atoms with Crippen LogP contribution in [-0.2, 0) is 9.59 Å². The number of hydrogen-bond donors (Lipinski definition) is 5. The maximum Gasteiger partial charge on any atom is 0.335 e. The first-order chi connectivity index (χ1) is 12.3. The van der Waals surface area contributed by atoms with Gasteiger partial charge < -0.3 is 35.1 Å². The summed E-state index contributed by atoms with van der Waals surface area (Å²) in [6, 6.07) is 4.32. The van der Waals surface area contributed by atoms with Gasteiger partial charge in [-0.15, -0.1) is 0 Å². The van der Waals surface area contributed by atoms with Crippen LogP contribution in [0.15, 0.2) is 22.8 Å². The number of carboxylic acids is 2. The van der Waals surface area contributed by atoms with E-state index in [0.29, 0.717) is 17.8 Å². The van der Waals surface area contributed by atoms with E-state index >= 15 is 0 Å². The average Bonchev–Trinajstić information content (AvgIpc) is 3.02. The number of carbonyl (C=O) groups excluding carboxylic acids is 1. The summed E-state index contributed by atoms with van der Waals surface area (Å²) in [4.78, 5) is 33.8. The number of aliphatic hydroxyl groups is 2. The van der Waals surface area contributed by atoms with Crippen molar-refractivity contribution >= 4 is 17.8 Å². The van der Waals surface area contributed by atoms with Gasteiger partial charge in [0.15, 0.2) is 18.0 Å². The Balaban J connectivity index is 0.000000213. The van der Waals surface area contributed by atoms with Gasteiger partial charge in [0.2, 0.25) is 0 Å². The van der Waals surface area contributed by atoms with Gasteiger partial charge >= 0.3 is 11.9 Å². The fraction of sp³-hybridized carbons (Fsp3) is 0.562. The zero-order valence-corrected chi connectivity index (χ0v) is 14.1. The first kappa shape index (κ1) is 19.9. The molecule has 0 radical (unpaired) electrons. The number of carboxylic acid groups (broad SMARTS) is 2. The molecule has 1 aliphatic carbocycles. The molecule has 26 heavy (non-hydrogen) atoms. The molecule has 5 atom stereocenters. The third-order valence-electron chi connectivity index (χ3n) is 4.42. The number of piperidine rings is 1. The van der Waals surface area contributed by atoms with Gasteiger partial charge in [-0.25, -0.2) is 9.59 Å². The highest BCUT2D eigenvalue weighted by Gasteiger charge is 2.54. The minimum Gasteiger partial charge on any atom is -0.479 e. The van der Waals surface area contributed by atoms with Crippen molar-refractivity contribution in [1.29, 1.82) is 0 Å². The lowest BCUT2D eigenvalue weighted by Gasteiger charge is -2.26. The Kier molecular flexibility index (Phi) is 6.35. The Morgan fingerprint density at radius 1 is 1.23 bits per heavy atom. The molecule has 2 fully saturated rings. The molecule has 1 saturated heterocycles. The molecule has 3 rings (SSSR count). The van der Waals surface area contributed by atoms with Crippen LogP contribution in [0, 0.1) is 5.92 Å². The Hall–Kier alpha value is -2.43. The molecular formula is C16H22N2O8. The SMILES string of the molecule is CNCC1CC2CC2N1C(=O)c1ccco1.O=C(O)C(O)C(O)C(=O)O. The first-order valence-electron chi connectivity index (χ1n) is 8.10. The molecule has 10 heteroatoms. The predicted octanol–water partition coefficient (Wildman–Crippen LogP) is -1.02. The maximum absolute atomic E-state index is 12.2. The number of furan rings is 1. The molecule has 1 aromatic heterocycles. The highest BCUT2D eigenvalue weighted by molar-refractivity contribution is 5.92. The number of carbonyl (C=O) groups is 3. The molecule has 1 amide bonds. The monoisotopic (exact) mass is 370 g/mol. The number of aliphatic hydroxyl groups excluding tert-OH is 2. The van der Waals surface area contributed by atoms with Crippen LogP contribution in [0.25, 0.3) is 0 Å². The molecule has 144 valence electrons. The van der Waals surface area contributed by atoms with Gasteiger partial charge in [0, 0.05) is 18.6 Å². The lowest BCUT2D eigenvalue weighted by molar-refractivity contribution is -0.165. The number of likely N-dealkylation sites (N-methyl/N-ethyl adjacent to an activating group) is 1. The number of hydrogen-bond acceptors (Lipinski definition) is 7. The minimum absolute atomic E-state index is 0.0512. The van der Waals surface area contributed by atoms with Crippen molar-refractivity contribution in [2.75, 3.05) is 13.6 Å². The molecule has 5 N–H and O–H groups in total. The number of likely N-dealkylation sites (tertiary alicyclic amines) is 1. The van der Waals surface area contributed by atoms with Gasteiger partial charge in [-0.2, -0.15) is 0 Å². The van der Waals surface area contributed by atoms with Gasteiger partial charge in [0.1, 0.15) is 0 Å². The highest BCUT2D eigenvalue weighted by atomic mass is 16.4. The molecular weight excluding hydrogens is 348 g/mol. The fourth-order valence-corrected chi connectivity index (χ4v) is 3.09. The Labute approximate surface area is 149 Å². The minimum atomic E-state index is -2.27. The first-order valence-corrected chi connectivity index (χ1v) is 8.10. The van der Waals surface area contributed by atoms with Gasteiger partial charge in [-0.1, -0.05) is 0 Å². The summed E-state index contributed by atoms with van der Waals surface area (Å²) in [5, 5.41) is 35.7. The second kappa shape index (κ2) is 8.30. The van der Waals surface area contributed by atoms with Crippen LogP contribution in [-0.4, -0.2) is 81.1 Å². The second-order valence-electron chi connectivity index (χ2n) is 6.27. The molecule has 1 aromatic rings. The number of nitrogens with zero attached hydrogens (tertiary/aromatic N) is 1. The molecule has 10 nitrogen and oxygen atoms in total. The van der Waals surface area contributed by atoms with E-state index in [2.05, 4.69) is 5.32 Å². The van der Waals surface area contributed by atoms with E-state index in [1.54, 1.807) is 18.4 Å². The summed E-state index contributed by atoms with van der Waals surface area (Å²) >= 11 is 0. The van der Waals surface area contributed by atoms with E-state index < -0.39 is 24.1 Å². The van der Waals surface area contributed by atoms with Gasteiger partial charge in [0.05, 0.1) is 6.26 Å². The summed E-state index contributed by atoms with van der Waals surface area (Å²) in [5.41, 5.74) is 0. The molecule has 0 bridgehead atoms. The van der Waals surface area contributed by atoms with Crippen LogP contribution in [0.3, 0.4) is 0 Å². The second-order valence-corrected chi connectivity index (χ2v) is 6.27. The lowest BCUT2D eigenvalue weighted by Crippen LogP contribution is -2.43. The number of fused-ring (bicyclic) bond motifs is 1. The summed E-state index contributed by atoms with van der Waals surface area (Å²) in [5.74, 6) is -2.29. The molecule has 1 saturated carbocycles. The largest absolute Gasteiger partial charge is 0.479 e. The highest BCUT2D eigenvalue weighted by Crippen LogP contribution is 2.48. The van der Waals surface area contributed by atoms with Crippen molar-refractivity contribution < 1.29 is 39.2 Å². The summed E-state index contributed by atoms with van der Waals surface area (Å²) in [7, 11) is 1.93. The quantitative estimate of drug-likeness (QED) is 0.422. The molecule has 0 spiro atoms. The van der Waals surface area contributed by atoms with Crippen LogP contribution in [0.5, 0.6) is 0 Å². The molecule has 0 aromatic carbocycles. The van der Waals surface area contributed by atoms with E-state index in [1.807, 2.05) is 11.9 Å². The maximum atomic E-state index is 12.2. The van der Waals surface area contributed by atoms with Crippen molar-refractivity contribution in [3.05, 3.63) is 24.2 Å². The number of nitrogens with one attached hydrogen (secondary N) is 1. The topological polar surface area (TPSA) is 161 Å². The van der Waals surface area contributed by atoms with Gasteiger partial charge in [-0.3, -0.25) is 4.79 Å². The van der Waals surface area contributed by atoms with E-state index in [9.17, 15) is 14.4 Å². The predicted molar refractivity (Wildman–Crippen MR) is 86.4 cm³/mol. The standard InChI is InChI=1S/C12H16N2O2.C4H6O6/c1-13-7-9-5-8-6-10(8)14(9)12(15)11-3-2-4-16-11;5-1(3(7)8)2(6)4(9)10/h2-4,8-10,13H,5-7H2,1H3;1-2,5-6H,(H,7,8)(H,9,10). The summed E-state index contributed by atoms with van der Waals surface area (Å²) in [6.07, 6.45) is -0.666. The lowest BCUT2D eigenvalue weighted by atomic mass is 10.1. The van der Waals surface area contributed by atoms with Crippen molar-refractivity contribution in [3.63, 3.8) is 0 Å². The number of amides is 1. The van der Waals surface area contributed by atoms with E-state index in [0.717, 1.165) is 18.9 Å².